The van der Waals surface area contributed by atoms with E-state index in [1.807, 2.05) is 13.0 Å². The summed E-state index contributed by atoms with van der Waals surface area (Å²) in [5, 5.41) is 13.1. The fraction of sp³-hybridized carbons (Fsp3) is 0.105. The first-order valence-corrected chi connectivity index (χ1v) is 9.07. The van der Waals surface area contributed by atoms with E-state index in [1.165, 1.54) is 11.8 Å². The second kappa shape index (κ2) is 8.09. The Kier molecular flexibility index (Phi) is 5.61. The van der Waals surface area contributed by atoms with Crippen LogP contribution in [0.2, 0.25) is 5.02 Å². The molecule has 0 spiro atoms. The van der Waals surface area contributed by atoms with Gasteiger partial charge >= 0.3 is 0 Å². The number of aryl methyl sites for hydroxylation is 1. The molecule has 130 valence electrons. The number of nitrogens with zero attached hydrogens (tertiary/aromatic N) is 2. The summed E-state index contributed by atoms with van der Waals surface area (Å²) in [7, 11) is 0. The number of carbonyl (C=O) groups excluding carboxylic acids is 1. The summed E-state index contributed by atoms with van der Waals surface area (Å²) < 4.78 is 5.33. The van der Waals surface area contributed by atoms with E-state index in [1.54, 1.807) is 42.7 Å². The molecule has 0 saturated heterocycles. The third-order valence-electron chi connectivity index (χ3n) is 3.55. The standard InChI is InChI=1S/C19H14ClN3O2S/c1-12-4-6-14(9-15(12)20)22-18(24)11-26-19-13(10-21)5-7-16(23-19)17-3-2-8-25-17/h2-9H,11H2,1H3,(H,22,24). The molecule has 1 aromatic carbocycles. The third-order valence-corrected chi connectivity index (χ3v) is 4.95. The van der Waals surface area contributed by atoms with Gasteiger partial charge in [-0.25, -0.2) is 4.98 Å². The molecule has 0 bridgehead atoms. The highest BCUT2D eigenvalue weighted by Gasteiger charge is 2.12. The number of nitrogens with one attached hydrogen (secondary N) is 1. The molecule has 0 unspecified atom stereocenters. The summed E-state index contributed by atoms with van der Waals surface area (Å²) in [6.07, 6.45) is 1.56. The molecule has 0 aliphatic rings. The monoisotopic (exact) mass is 383 g/mol. The highest BCUT2D eigenvalue weighted by Crippen LogP contribution is 2.26. The van der Waals surface area contributed by atoms with Crippen molar-refractivity contribution < 1.29 is 9.21 Å². The lowest BCUT2D eigenvalue weighted by molar-refractivity contribution is -0.113. The lowest BCUT2D eigenvalue weighted by Crippen LogP contribution is -2.14. The number of pyridine rings is 1. The molecule has 0 fully saturated rings. The fourth-order valence-corrected chi connectivity index (χ4v) is 3.15. The second-order valence-electron chi connectivity index (χ2n) is 5.44. The number of amides is 1. The molecule has 0 aliphatic carbocycles. The van der Waals surface area contributed by atoms with Crippen molar-refractivity contribution in [2.75, 3.05) is 11.1 Å². The van der Waals surface area contributed by atoms with Crippen LogP contribution in [0.3, 0.4) is 0 Å². The summed E-state index contributed by atoms with van der Waals surface area (Å²) >= 11 is 7.26. The average molecular weight is 384 g/mol. The van der Waals surface area contributed by atoms with Crippen LogP contribution < -0.4 is 5.32 Å². The van der Waals surface area contributed by atoms with E-state index in [9.17, 15) is 10.1 Å². The van der Waals surface area contributed by atoms with Gasteiger partial charge in [0, 0.05) is 10.7 Å². The van der Waals surface area contributed by atoms with Gasteiger partial charge in [-0.2, -0.15) is 5.26 Å². The molecule has 7 heteroatoms. The van der Waals surface area contributed by atoms with E-state index in [0.29, 0.717) is 32.8 Å². The first-order chi connectivity index (χ1) is 12.6. The van der Waals surface area contributed by atoms with Gasteiger partial charge in [-0.3, -0.25) is 4.79 Å². The number of hydrogen-bond acceptors (Lipinski definition) is 5. The van der Waals surface area contributed by atoms with E-state index in [0.717, 1.165) is 5.56 Å². The minimum atomic E-state index is -0.205. The number of anilines is 1. The number of nitriles is 1. The van der Waals surface area contributed by atoms with Crippen LogP contribution in [-0.2, 0) is 4.79 Å². The molecule has 1 amide bonds. The smallest absolute Gasteiger partial charge is 0.234 e. The molecule has 0 radical (unpaired) electrons. The molecule has 26 heavy (non-hydrogen) atoms. The van der Waals surface area contributed by atoms with Gasteiger partial charge in [0.15, 0.2) is 5.76 Å². The predicted octanol–water partition coefficient (Wildman–Crippen LogP) is 4.91. The van der Waals surface area contributed by atoms with Crippen LogP contribution in [0.5, 0.6) is 0 Å². The predicted molar refractivity (Wildman–Crippen MR) is 102 cm³/mol. The Hall–Kier alpha value is -2.75. The van der Waals surface area contributed by atoms with Gasteiger partial charge in [0.05, 0.1) is 17.6 Å². The first kappa shape index (κ1) is 18.1. The maximum Gasteiger partial charge on any atom is 0.234 e. The molecule has 5 nitrogen and oxygen atoms in total. The van der Waals surface area contributed by atoms with E-state index in [2.05, 4.69) is 16.4 Å². The van der Waals surface area contributed by atoms with Gasteiger partial charge in [0.2, 0.25) is 5.91 Å². The molecule has 3 rings (SSSR count). The van der Waals surface area contributed by atoms with Crippen LogP contribution in [0, 0.1) is 18.3 Å². The molecule has 0 saturated carbocycles. The number of aromatic nitrogens is 1. The molecule has 3 aromatic rings. The van der Waals surface area contributed by atoms with E-state index >= 15 is 0 Å². The number of hydrogen-bond donors (Lipinski definition) is 1. The van der Waals surface area contributed by atoms with Crippen LogP contribution >= 0.6 is 23.4 Å². The van der Waals surface area contributed by atoms with Crippen LogP contribution in [-0.4, -0.2) is 16.6 Å². The Bertz CT molecular complexity index is 981. The summed E-state index contributed by atoms with van der Waals surface area (Å²) in [6, 6.07) is 14.4. The Morgan fingerprint density at radius 1 is 1.35 bits per heavy atom. The van der Waals surface area contributed by atoms with Gasteiger partial charge in [-0.1, -0.05) is 29.4 Å². The van der Waals surface area contributed by atoms with Crippen molar-refractivity contribution in [2.45, 2.75) is 11.9 Å². The van der Waals surface area contributed by atoms with Gasteiger partial charge in [-0.05, 0) is 48.9 Å². The molecule has 0 aliphatic heterocycles. The molecule has 2 heterocycles. The van der Waals surface area contributed by atoms with Gasteiger partial charge in [0.1, 0.15) is 16.8 Å². The maximum absolute atomic E-state index is 12.2. The van der Waals surface area contributed by atoms with Crippen molar-refractivity contribution in [2.24, 2.45) is 0 Å². The Balaban J connectivity index is 1.70. The van der Waals surface area contributed by atoms with Crippen molar-refractivity contribution in [1.82, 2.24) is 4.98 Å². The first-order valence-electron chi connectivity index (χ1n) is 7.70. The molecule has 1 N–H and O–H groups in total. The van der Waals surface area contributed by atoms with Gasteiger partial charge < -0.3 is 9.73 Å². The van der Waals surface area contributed by atoms with Crippen molar-refractivity contribution in [3.05, 3.63) is 64.9 Å². The van der Waals surface area contributed by atoms with Crippen molar-refractivity contribution in [1.29, 1.82) is 5.26 Å². The van der Waals surface area contributed by atoms with E-state index < -0.39 is 0 Å². The zero-order valence-corrected chi connectivity index (χ0v) is 15.4. The van der Waals surface area contributed by atoms with Crippen molar-refractivity contribution in [3.8, 4) is 17.5 Å². The number of furan rings is 1. The molecular formula is C19H14ClN3O2S. The Morgan fingerprint density at radius 3 is 2.88 bits per heavy atom. The summed E-state index contributed by atoms with van der Waals surface area (Å²) in [5.74, 6) is 0.522. The third kappa shape index (κ3) is 4.26. The summed E-state index contributed by atoms with van der Waals surface area (Å²) in [5.41, 5.74) is 2.60. The SMILES string of the molecule is Cc1ccc(NC(=O)CSc2nc(-c3ccco3)ccc2C#N)cc1Cl. The highest BCUT2D eigenvalue weighted by atomic mass is 35.5. The zero-order chi connectivity index (χ0) is 18.5. The topological polar surface area (TPSA) is 78.9 Å². The van der Waals surface area contributed by atoms with Crippen molar-refractivity contribution in [3.63, 3.8) is 0 Å². The zero-order valence-electron chi connectivity index (χ0n) is 13.8. The van der Waals surface area contributed by atoms with Gasteiger partial charge in [-0.15, -0.1) is 0 Å². The molecular weight excluding hydrogens is 370 g/mol. The fourth-order valence-electron chi connectivity index (χ4n) is 2.20. The largest absolute Gasteiger partial charge is 0.463 e. The van der Waals surface area contributed by atoms with Crippen molar-refractivity contribution >= 4 is 35.0 Å². The van der Waals surface area contributed by atoms with Crippen LogP contribution in [0.25, 0.3) is 11.5 Å². The number of halogens is 1. The Morgan fingerprint density at radius 2 is 2.19 bits per heavy atom. The normalized spacial score (nSPS) is 10.3. The minimum absolute atomic E-state index is 0.120. The summed E-state index contributed by atoms with van der Waals surface area (Å²) in [4.78, 5) is 16.6. The number of carbonyl (C=O) groups is 1. The number of benzene rings is 1. The lowest BCUT2D eigenvalue weighted by atomic mass is 10.2. The highest BCUT2D eigenvalue weighted by molar-refractivity contribution is 8.00. The van der Waals surface area contributed by atoms with Crippen LogP contribution in [0.15, 0.2) is 58.2 Å². The summed E-state index contributed by atoms with van der Waals surface area (Å²) in [6.45, 7) is 1.89. The van der Waals surface area contributed by atoms with E-state index in [-0.39, 0.29) is 11.7 Å². The second-order valence-corrected chi connectivity index (χ2v) is 6.81. The van der Waals surface area contributed by atoms with Crippen LogP contribution in [0.1, 0.15) is 11.1 Å². The van der Waals surface area contributed by atoms with Crippen LogP contribution in [0.4, 0.5) is 5.69 Å². The molecule has 0 atom stereocenters. The lowest BCUT2D eigenvalue weighted by Gasteiger charge is -2.08. The quantitative estimate of drug-likeness (QED) is 0.633. The van der Waals surface area contributed by atoms with Gasteiger partial charge in [0.25, 0.3) is 0 Å². The number of rotatable bonds is 5. The number of thioether (sulfide) groups is 1. The van der Waals surface area contributed by atoms with E-state index in [4.69, 9.17) is 16.0 Å². The molecule has 2 aromatic heterocycles. The maximum atomic E-state index is 12.2. The minimum Gasteiger partial charge on any atom is -0.463 e. The average Bonchev–Trinajstić information content (AvgIpc) is 3.17. The Labute approximate surface area is 160 Å².